The molecule has 2 aliphatic heterocycles. The third-order valence-electron chi connectivity index (χ3n) is 5.95. The van der Waals surface area contributed by atoms with E-state index in [-0.39, 0.29) is 0 Å². The zero-order valence-electron chi connectivity index (χ0n) is 14.1. The molecule has 4 nitrogen and oxygen atoms in total. The molecule has 0 aromatic carbocycles. The van der Waals surface area contributed by atoms with E-state index >= 15 is 0 Å². The molecule has 0 bridgehead atoms. The quantitative estimate of drug-likeness (QED) is 0.865. The Balaban J connectivity index is 1.40. The van der Waals surface area contributed by atoms with Crippen molar-refractivity contribution in [2.75, 3.05) is 39.3 Å². The van der Waals surface area contributed by atoms with Gasteiger partial charge < -0.3 is 10.2 Å². The van der Waals surface area contributed by atoms with Crippen molar-refractivity contribution in [1.29, 1.82) is 0 Å². The second-order valence-electron chi connectivity index (χ2n) is 7.44. The lowest BCUT2D eigenvalue weighted by molar-refractivity contribution is -0.131. The summed E-state index contributed by atoms with van der Waals surface area (Å²) in [5.41, 5.74) is 0. The molecule has 3 aliphatic rings. The van der Waals surface area contributed by atoms with Crippen molar-refractivity contribution >= 4 is 5.91 Å². The van der Waals surface area contributed by atoms with E-state index in [9.17, 15) is 4.79 Å². The molecule has 22 heavy (non-hydrogen) atoms. The number of hydrogen-bond acceptors (Lipinski definition) is 3. The van der Waals surface area contributed by atoms with E-state index in [1.165, 1.54) is 45.1 Å². The van der Waals surface area contributed by atoms with E-state index in [2.05, 4.69) is 15.1 Å². The minimum atomic E-state index is 0.409. The highest BCUT2D eigenvalue weighted by atomic mass is 16.2. The van der Waals surface area contributed by atoms with Crippen LogP contribution in [0.15, 0.2) is 0 Å². The Bertz CT molecular complexity index is 348. The molecule has 4 heteroatoms. The lowest BCUT2D eigenvalue weighted by Crippen LogP contribution is -2.38. The van der Waals surface area contributed by atoms with Gasteiger partial charge in [0.2, 0.25) is 5.91 Å². The van der Waals surface area contributed by atoms with Crippen molar-refractivity contribution in [1.82, 2.24) is 15.1 Å². The highest BCUT2D eigenvalue weighted by Gasteiger charge is 2.26. The molecule has 0 aromatic rings. The van der Waals surface area contributed by atoms with Gasteiger partial charge in [0, 0.05) is 38.6 Å². The number of carbonyl (C=O) groups excluding carboxylic acids is 1. The van der Waals surface area contributed by atoms with Gasteiger partial charge in [-0.15, -0.1) is 0 Å². The molecule has 2 heterocycles. The summed E-state index contributed by atoms with van der Waals surface area (Å²) in [6.07, 6.45) is 11.1. The maximum absolute atomic E-state index is 12.5. The van der Waals surface area contributed by atoms with Crippen LogP contribution in [-0.4, -0.2) is 61.0 Å². The number of nitrogens with one attached hydrogen (secondary N) is 1. The smallest absolute Gasteiger partial charge is 0.222 e. The number of hydrogen-bond donors (Lipinski definition) is 1. The zero-order valence-corrected chi connectivity index (χ0v) is 14.1. The Kier molecular flexibility index (Phi) is 6.13. The first-order valence-corrected chi connectivity index (χ1v) is 9.55. The predicted molar refractivity (Wildman–Crippen MR) is 89.9 cm³/mol. The fraction of sp³-hybridized carbons (Fsp3) is 0.944. The van der Waals surface area contributed by atoms with Crippen LogP contribution in [0.25, 0.3) is 0 Å². The summed E-state index contributed by atoms with van der Waals surface area (Å²) in [4.78, 5) is 17.3. The molecule has 126 valence electrons. The van der Waals surface area contributed by atoms with Crippen LogP contribution in [0, 0.1) is 5.92 Å². The normalized spacial score (nSPS) is 26.3. The minimum absolute atomic E-state index is 0.409. The first kappa shape index (κ1) is 16.3. The van der Waals surface area contributed by atoms with Crippen LogP contribution in [0.3, 0.4) is 0 Å². The van der Waals surface area contributed by atoms with Crippen LogP contribution in [0.1, 0.15) is 57.8 Å². The molecular formula is C18H33N3O. The first-order chi connectivity index (χ1) is 10.8. The van der Waals surface area contributed by atoms with E-state index in [4.69, 9.17) is 0 Å². The molecule has 0 spiro atoms. The third kappa shape index (κ3) is 4.45. The van der Waals surface area contributed by atoms with Crippen molar-refractivity contribution in [2.45, 2.75) is 63.8 Å². The number of nitrogens with zero attached hydrogens (tertiary/aromatic N) is 2. The minimum Gasteiger partial charge on any atom is -0.341 e. The van der Waals surface area contributed by atoms with Gasteiger partial charge in [-0.25, -0.2) is 0 Å². The van der Waals surface area contributed by atoms with Gasteiger partial charge in [0.1, 0.15) is 0 Å². The van der Waals surface area contributed by atoms with Gasteiger partial charge >= 0.3 is 0 Å². The van der Waals surface area contributed by atoms with E-state index in [1.807, 2.05) is 0 Å². The summed E-state index contributed by atoms with van der Waals surface area (Å²) in [6, 6.07) is 0.810. The molecule has 1 N–H and O–H groups in total. The highest BCUT2D eigenvalue weighted by molar-refractivity contribution is 5.76. The standard InChI is InChI=1S/C18H33N3O/c22-18(7-6-16-8-10-19-11-9-16)21-13-3-12-20(14-15-21)17-4-1-2-5-17/h16-17,19H,1-15H2. The van der Waals surface area contributed by atoms with Gasteiger partial charge in [-0.05, 0) is 57.5 Å². The van der Waals surface area contributed by atoms with Crippen molar-refractivity contribution in [3.63, 3.8) is 0 Å². The van der Waals surface area contributed by atoms with Crippen molar-refractivity contribution in [3.05, 3.63) is 0 Å². The Hall–Kier alpha value is -0.610. The maximum Gasteiger partial charge on any atom is 0.222 e. The van der Waals surface area contributed by atoms with Crippen LogP contribution in [0.5, 0.6) is 0 Å². The van der Waals surface area contributed by atoms with E-state index < -0.39 is 0 Å². The Labute approximate surface area is 135 Å². The van der Waals surface area contributed by atoms with Crippen LogP contribution in [-0.2, 0) is 4.79 Å². The van der Waals surface area contributed by atoms with E-state index in [0.29, 0.717) is 5.91 Å². The van der Waals surface area contributed by atoms with Crippen LogP contribution in [0.2, 0.25) is 0 Å². The summed E-state index contributed by atoms with van der Waals surface area (Å²) in [6.45, 7) is 6.51. The lowest BCUT2D eigenvalue weighted by atomic mass is 9.93. The summed E-state index contributed by atoms with van der Waals surface area (Å²) < 4.78 is 0. The van der Waals surface area contributed by atoms with Crippen LogP contribution in [0.4, 0.5) is 0 Å². The molecule has 0 atom stereocenters. The Morgan fingerprint density at radius 2 is 1.68 bits per heavy atom. The second-order valence-corrected chi connectivity index (χ2v) is 7.44. The molecule has 2 saturated heterocycles. The number of piperidine rings is 1. The topological polar surface area (TPSA) is 35.6 Å². The second kappa shape index (κ2) is 8.30. The van der Waals surface area contributed by atoms with Crippen LogP contribution >= 0.6 is 0 Å². The molecule has 1 saturated carbocycles. The van der Waals surface area contributed by atoms with E-state index in [1.54, 1.807) is 0 Å². The molecule has 0 aromatic heterocycles. The largest absolute Gasteiger partial charge is 0.341 e. The van der Waals surface area contributed by atoms with Crippen LogP contribution < -0.4 is 5.32 Å². The lowest BCUT2D eigenvalue weighted by Gasteiger charge is -2.27. The van der Waals surface area contributed by atoms with Gasteiger partial charge in [0.25, 0.3) is 0 Å². The fourth-order valence-electron chi connectivity index (χ4n) is 4.48. The number of rotatable bonds is 4. The maximum atomic E-state index is 12.5. The summed E-state index contributed by atoms with van der Waals surface area (Å²) in [7, 11) is 0. The third-order valence-corrected chi connectivity index (χ3v) is 5.95. The van der Waals surface area contributed by atoms with Gasteiger partial charge in [0.15, 0.2) is 0 Å². The number of amides is 1. The first-order valence-electron chi connectivity index (χ1n) is 9.55. The molecular weight excluding hydrogens is 274 g/mol. The van der Waals surface area contributed by atoms with E-state index in [0.717, 1.165) is 63.9 Å². The highest BCUT2D eigenvalue weighted by Crippen LogP contribution is 2.24. The van der Waals surface area contributed by atoms with Gasteiger partial charge in [-0.1, -0.05) is 12.8 Å². The average Bonchev–Trinajstić information content (AvgIpc) is 2.98. The molecule has 0 unspecified atom stereocenters. The molecule has 1 aliphatic carbocycles. The average molecular weight is 307 g/mol. The molecule has 3 rings (SSSR count). The summed E-state index contributed by atoms with van der Waals surface area (Å²) in [5, 5.41) is 3.40. The Morgan fingerprint density at radius 1 is 0.909 bits per heavy atom. The summed E-state index contributed by atoms with van der Waals surface area (Å²) in [5.74, 6) is 1.18. The van der Waals surface area contributed by atoms with Gasteiger partial charge in [-0.3, -0.25) is 9.69 Å². The Morgan fingerprint density at radius 3 is 2.45 bits per heavy atom. The zero-order chi connectivity index (χ0) is 15.2. The SMILES string of the molecule is O=C(CCC1CCNCC1)N1CCCN(C2CCCC2)CC1. The fourth-order valence-corrected chi connectivity index (χ4v) is 4.48. The predicted octanol–water partition coefficient (Wildman–Crippen LogP) is 2.24. The molecule has 0 radical (unpaired) electrons. The van der Waals surface area contributed by atoms with Gasteiger partial charge in [0.05, 0.1) is 0 Å². The molecule has 3 fully saturated rings. The monoisotopic (exact) mass is 307 g/mol. The van der Waals surface area contributed by atoms with Crippen molar-refractivity contribution in [2.24, 2.45) is 5.92 Å². The van der Waals surface area contributed by atoms with Gasteiger partial charge in [-0.2, -0.15) is 0 Å². The summed E-state index contributed by atoms with van der Waals surface area (Å²) >= 11 is 0. The van der Waals surface area contributed by atoms with Crippen molar-refractivity contribution in [3.8, 4) is 0 Å². The molecule has 1 amide bonds. The number of carbonyl (C=O) groups is 1. The van der Waals surface area contributed by atoms with Crippen molar-refractivity contribution < 1.29 is 4.79 Å².